The van der Waals surface area contributed by atoms with Crippen LogP contribution in [0.5, 0.6) is 5.75 Å². The highest BCUT2D eigenvalue weighted by Crippen LogP contribution is 2.28. The smallest absolute Gasteiger partial charge is 0.262 e. The highest BCUT2D eigenvalue weighted by molar-refractivity contribution is 6.01. The Labute approximate surface area is 139 Å². The molecule has 0 spiro atoms. The number of fused-ring (bicyclic) bond motifs is 1. The van der Waals surface area contributed by atoms with E-state index in [2.05, 4.69) is 10.6 Å². The molecule has 3 rings (SSSR count). The molecule has 0 aromatic heterocycles. The van der Waals surface area contributed by atoms with Gasteiger partial charge < -0.3 is 20.1 Å². The van der Waals surface area contributed by atoms with Crippen molar-refractivity contribution in [2.45, 2.75) is 31.8 Å². The average Bonchev–Trinajstić information content (AvgIpc) is 3.10. The van der Waals surface area contributed by atoms with Gasteiger partial charge in [0.05, 0.1) is 11.8 Å². The number of carbonyl (C=O) groups is 3. The van der Waals surface area contributed by atoms with Crippen LogP contribution < -0.4 is 15.4 Å². The lowest BCUT2D eigenvalue weighted by molar-refractivity contribution is -0.121. The minimum Gasteiger partial charge on any atom is -0.482 e. The molecule has 1 atom stereocenters. The van der Waals surface area contributed by atoms with Crippen molar-refractivity contribution < 1.29 is 23.9 Å². The van der Waals surface area contributed by atoms with Crippen LogP contribution in [0.1, 0.15) is 36.0 Å². The molecule has 1 aromatic rings. The first-order valence-electron chi connectivity index (χ1n) is 8.10. The molecule has 2 aliphatic rings. The third-order valence-electron chi connectivity index (χ3n) is 4.06. The molecule has 1 aromatic carbocycles. The van der Waals surface area contributed by atoms with Gasteiger partial charge in [-0.2, -0.15) is 0 Å². The minimum atomic E-state index is -0.249. The summed E-state index contributed by atoms with van der Waals surface area (Å²) in [6.45, 7) is 1.22. The predicted octanol–water partition coefficient (Wildman–Crippen LogP) is 1.28. The molecular formula is C17H20N2O5. The Morgan fingerprint density at radius 2 is 2.17 bits per heavy atom. The van der Waals surface area contributed by atoms with E-state index in [1.54, 1.807) is 18.2 Å². The van der Waals surface area contributed by atoms with Crippen molar-refractivity contribution in [2.24, 2.45) is 0 Å². The molecule has 0 aliphatic carbocycles. The van der Waals surface area contributed by atoms with E-state index in [-0.39, 0.29) is 43.2 Å². The van der Waals surface area contributed by atoms with Gasteiger partial charge in [0, 0.05) is 31.6 Å². The number of anilines is 1. The summed E-state index contributed by atoms with van der Waals surface area (Å²) in [5, 5.41) is 5.46. The average molecular weight is 332 g/mol. The summed E-state index contributed by atoms with van der Waals surface area (Å²) in [5.74, 6) is -0.0144. The number of ether oxygens (including phenoxy) is 2. The van der Waals surface area contributed by atoms with E-state index in [0.29, 0.717) is 23.5 Å². The number of benzene rings is 1. The molecule has 1 saturated heterocycles. The van der Waals surface area contributed by atoms with Crippen molar-refractivity contribution in [1.82, 2.24) is 5.32 Å². The normalized spacial score (nSPS) is 19.2. The lowest BCUT2D eigenvalue weighted by atomic mass is 10.0. The van der Waals surface area contributed by atoms with Crippen molar-refractivity contribution in [3.8, 4) is 5.75 Å². The highest BCUT2D eigenvalue weighted by atomic mass is 16.5. The molecule has 2 heterocycles. The number of Topliss-reactive ketones (excluding diaryl/α,β-unsaturated/α-hetero) is 1. The van der Waals surface area contributed by atoms with Crippen molar-refractivity contribution in [1.29, 1.82) is 0 Å². The van der Waals surface area contributed by atoms with Crippen LogP contribution in [-0.2, 0) is 14.3 Å². The highest BCUT2D eigenvalue weighted by Gasteiger charge is 2.19. The third kappa shape index (κ3) is 4.11. The van der Waals surface area contributed by atoms with Gasteiger partial charge in [-0.1, -0.05) is 0 Å². The van der Waals surface area contributed by atoms with Crippen molar-refractivity contribution in [3.63, 3.8) is 0 Å². The summed E-state index contributed by atoms with van der Waals surface area (Å²) >= 11 is 0. The fraction of sp³-hybridized carbons (Fsp3) is 0.471. The molecule has 1 unspecified atom stereocenters. The minimum absolute atomic E-state index is 0.0226. The number of nitrogens with one attached hydrogen (secondary N) is 2. The Hall–Kier alpha value is -2.41. The second-order valence-corrected chi connectivity index (χ2v) is 5.91. The van der Waals surface area contributed by atoms with Crippen LogP contribution in [0.3, 0.4) is 0 Å². The molecule has 128 valence electrons. The Balaban J connectivity index is 1.48. The summed E-state index contributed by atoms with van der Waals surface area (Å²) in [4.78, 5) is 35.4. The first kappa shape index (κ1) is 16.4. The van der Waals surface area contributed by atoms with E-state index >= 15 is 0 Å². The molecule has 24 heavy (non-hydrogen) atoms. The molecule has 7 heteroatoms. The summed E-state index contributed by atoms with van der Waals surface area (Å²) in [6.07, 6.45) is 2.32. The summed E-state index contributed by atoms with van der Waals surface area (Å²) in [7, 11) is 0. The van der Waals surface area contributed by atoms with Crippen LogP contribution in [0.25, 0.3) is 0 Å². The maximum Gasteiger partial charge on any atom is 0.262 e. The Morgan fingerprint density at radius 1 is 1.29 bits per heavy atom. The number of carbonyl (C=O) groups excluding carboxylic acids is 3. The first-order valence-corrected chi connectivity index (χ1v) is 8.10. The molecule has 7 nitrogen and oxygen atoms in total. The number of hydrogen-bond donors (Lipinski definition) is 2. The van der Waals surface area contributed by atoms with Gasteiger partial charge in [0.15, 0.2) is 12.4 Å². The predicted molar refractivity (Wildman–Crippen MR) is 86.1 cm³/mol. The molecule has 1 fully saturated rings. The van der Waals surface area contributed by atoms with Gasteiger partial charge in [-0.05, 0) is 31.0 Å². The first-order chi connectivity index (χ1) is 11.6. The zero-order valence-electron chi connectivity index (χ0n) is 13.3. The largest absolute Gasteiger partial charge is 0.482 e. The number of amides is 2. The molecule has 2 N–H and O–H groups in total. The standard InChI is InChI=1S/C17H20N2O5/c20-14(4-6-16(21)18-9-12-2-1-7-23-12)11-3-5-15-13(8-11)19-17(22)10-24-15/h3,5,8,12H,1-2,4,6-7,9-10H2,(H,18,21)(H,19,22). The summed E-state index contributed by atoms with van der Waals surface area (Å²) in [5.41, 5.74) is 0.936. The molecule has 0 saturated carbocycles. The van der Waals surface area contributed by atoms with E-state index in [9.17, 15) is 14.4 Å². The molecule has 0 radical (unpaired) electrons. The van der Waals surface area contributed by atoms with Crippen molar-refractivity contribution in [3.05, 3.63) is 23.8 Å². The maximum atomic E-state index is 12.2. The van der Waals surface area contributed by atoms with Crippen LogP contribution in [0.2, 0.25) is 0 Å². The topological polar surface area (TPSA) is 93.7 Å². The Bertz CT molecular complexity index is 652. The summed E-state index contributed by atoms with van der Waals surface area (Å²) in [6, 6.07) is 4.88. The third-order valence-corrected chi connectivity index (χ3v) is 4.06. The molecular weight excluding hydrogens is 312 g/mol. The zero-order chi connectivity index (χ0) is 16.9. The zero-order valence-corrected chi connectivity index (χ0v) is 13.3. The summed E-state index contributed by atoms with van der Waals surface area (Å²) < 4.78 is 10.7. The fourth-order valence-corrected chi connectivity index (χ4v) is 2.75. The SMILES string of the molecule is O=C(CCC(=O)c1ccc2c(c1)NC(=O)CO2)NCC1CCCO1. The van der Waals surface area contributed by atoms with Gasteiger partial charge in [0.1, 0.15) is 5.75 Å². The van der Waals surface area contributed by atoms with Crippen LogP contribution in [0.15, 0.2) is 18.2 Å². The Morgan fingerprint density at radius 3 is 2.96 bits per heavy atom. The van der Waals surface area contributed by atoms with Crippen LogP contribution >= 0.6 is 0 Å². The van der Waals surface area contributed by atoms with Gasteiger partial charge in [0.2, 0.25) is 5.91 Å². The van der Waals surface area contributed by atoms with Crippen LogP contribution in [-0.4, -0.2) is 43.5 Å². The van der Waals surface area contributed by atoms with Crippen LogP contribution in [0.4, 0.5) is 5.69 Å². The molecule has 2 aliphatic heterocycles. The maximum absolute atomic E-state index is 12.2. The lowest BCUT2D eigenvalue weighted by Crippen LogP contribution is -2.31. The second kappa shape index (κ2) is 7.44. The van der Waals surface area contributed by atoms with E-state index < -0.39 is 0 Å². The fourth-order valence-electron chi connectivity index (χ4n) is 2.75. The molecule has 2 amide bonds. The van der Waals surface area contributed by atoms with Gasteiger partial charge in [-0.15, -0.1) is 0 Å². The van der Waals surface area contributed by atoms with Gasteiger partial charge in [0.25, 0.3) is 5.91 Å². The second-order valence-electron chi connectivity index (χ2n) is 5.91. The van der Waals surface area contributed by atoms with Gasteiger partial charge in [-0.25, -0.2) is 0 Å². The van der Waals surface area contributed by atoms with E-state index in [1.165, 1.54) is 0 Å². The number of ketones is 1. The number of hydrogen-bond acceptors (Lipinski definition) is 5. The lowest BCUT2D eigenvalue weighted by Gasteiger charge is -2.18. The van der Waals surface area contributed by atoms with Crippen molar-refractivity contribution in [2.75, 3.05) is 25.1 Å². The molecule has 0 bridgehead atoms. The van der Waals surface area contributed by atoms with Crippen molar-refractivity contribution >= 4 is 23.3 Å². The van der Waals surface area contributed by atoms with Gasteiger partial charge in [-0.3, -0.25) is 14.4 Å². The number of rotatable bonds is 6. The monoisotopic (exact) mass is 332 g/mol. The van der Waals surface area contributed by atoms with E-state index in [4.69, 9.17) is 9.47 Å². The van der Waals surface area contributed by atoms with E-state index in [0.717, 1.165) is 19.4 Å². The van der Waals surface area contributed by atoms with Crippen LogP contribution in [0, 0.1) is 0 Å². The van der Waals surface area contributed by atoms with E-state index in [1.807, 2.05) is 0 Å². The van der Waals surface area contributed by atoms with Gasteiger partial charge >= 0.3 is 0 Å². The quantitative estimate of drug-likeness (QED) is 0.765. The Kier molecular flexibility index (Phi) is 5.10.